The van der Waals surface area contributed by atoms with E-state index in [4.69, 9.17) is 0 Å². The maximum absolute atomic E-state index is 11.4. The second kappa shape index (κ2) is 5.45. The van der Waals surface area contributed by atoms with E-state index in [1.165, 1.54) is 0 Å². The maximum Gasteiger partial charge on any atom is 0.138 e. The Morgan fingerprint density at radius 2 is 2.07 bits per heavy atom. The summed E-state index contributed by atoms with van der Waals surface area (Å²) in [5.41, 5.74) is 2.05. The van der Waals surface area contributed by atoms with E-state index in [-0.39, 0.29) is 5.78 Å². The Labute approximate surface area is 99.0 Å². The lowest BCUT2D eigenvalue weighted by Crippen LogP contribution is -2.08. The summed E-state index contributed by atoms with van der Waals surface area (Å²) in [5, 5.41) is 4.45. The minimum absolute atomic E-state index is 0.257. The Hall–Kier alpha value is -0.640. The van der Waals surface area contributed by atoms with Gasteiger partial charge in [-0.1, -0.05) is 13.8 Å². The van der Waals surface area contributed by atoms with Gasteiger partial charge in [-0.15, -0.1) is 0 Å². The zero-order chi connectivity index (χ0) is 11.4. The van der Waals surface area contributed by atoms with Crippen molar-refractivity contribution in [3.8, 4) is 0 Å². The van der Waals surface area contributed by atoms with Crippen molar-refractivity contribution >= 4 is 21.7 Å². The highest BCUT2D eigenvalue weighted by molar-refractivity contribution is 9.10. The van der Waals surface area contributed by atoms with Crippen LogP contribution in [0.15, 0.2) is 4.47 Å². The van der Waals surface area contributed by atoms with Crippen molar-refractivity contribution in [2.45, 2.75) is 46.6 Å². The predicted octanol–water partition coefficient (Wildman–Crippen LogP) is 2.75. The quantitative estimate of drug-likeness (QED) is 0.826. The second-order valence-electron chi connectivity index (χ2n) is 3.45. The molecule has 0 aliphatic carbocycles. The fourth-order valence-corrected chi connectivity index (χ4v) is 2.20. The first-order chi connectivity index (χ1) is 7.13. The Bertz CT molecular complexity index is 358. The topological polar surface area (TPSA) is 34.9 Å². The molecule has 0 spiro atoms. The molecule has 0 N–H and O–H groups in total. The van der Waals surface area contributed by atoms with Gasteiger partial charge in [0.25, 0.3) is 0 Å². The summed E-state index contributed by atoms with van der Waals surface area (Å²) < 4.78 is 2.92. The summed E-state index contributed by atoms with van der Waals surface area (Å²) in [6, 6.07) is 0. The van der Waals surface area contributed by atoms with E-state index >= 15 is 0 Å². The van der Waals surface area contributed by atoms with E-state index in [9.17, 15) is 4.79 Å². The van der Waals surface area contributed by atoms with Crippen molar-refractivity contribution in [2.24, 2.45) is 0 Å². The largest absolute Gasteiger partial charge is 0.299 e. The van der Waals surface area contributed by atoms with E-state index in [1.54, 1.807) is 0 Å². The lowest BCUT2D eigenvalue weighted by atomic mass is 10.1. The normalized spacial score (nSPS) is 10.7. The molecular weight excluding hydrogens is 256 g/mol. The molecule has 0 saturated carbocycles. The van der Waals surface area contributed by atoms with Gasteiger partial charge in [-0.3, -0.25) is 9.48 Å². The number of aryl methyl sites for hydroxylation is 2. The first kappa shape index (κ1) is 12.4. The average molecular weight is 273 g/mol. The highest BCUT2D eigenvalue weighted by atomic mass is 79.9. The van der Waals surface area contributed by atoms with Crippen LogP contribution < -0.4 is 0 Å². The number of hydrogen-bond acceptors (Lipinski definition) is 2. The van der Waals surface area contributed by atoms with Gasteiger partial charge in [0.1, 0.15) is 5.78 Å². The summed E-state index contributed by atoms with van der Waals surface area (Å²) in [4.78, 5) is 11.4. The molecule has 1 rings (SSSR count). The van der Waals surface area contributed by atoms with Crippen molar-refractivity contribution in [2.75, 3.05) is 0 Å². The van der Waals surface area contributed by atoms with Gasteiger partial charge in [0.2, 0.25) is 0 Å². The van der Waals surface area contributed by atoms with Crippen LogP contribution in [0.5, 0.6) is 0 Å². The van der Waals surface area contributed by atoms with Crippen LogP contribution in [0, 0.1) is 0 Å². The molecule has 0 aromatic carbocycles. The van der Waals surface area contributed by atoms with Gasteiger partial charge in [0.05, 0.1) is 15.9 Å². The molecule has 15 heavy (non-hydrogen) atoms. The fourth-order valence-electron chi connectivity index (χ4n) is 1.50. The van der Waals surface area contributed by atoms with Crippen LogP contribution in [0.25, 0.3) is 0 Å². The lowest BCUT2D eigenvalue weighted by Gasteiger charge is -2.03. The van der Waals surface area contributed by atoms with Crippen LogP contribution in [-0.2, 0) is 24.2 Å². The fraction of sp³-hybridized carbons (Fsp3) is 0.636. The third kappa shape index (κ3) is 2.68. The van der Waals surface area contributed by atoms with Crippen molar-refractivity contribution < 1.29 is 4.79 Å². The highest BCUT2D eigenvalue weighted by Crippen LogP contribution is 2.23. The molecule has 0 radical (unpaired) electrons. The lowest BCUT2D eigenvalue weighted by molar-refractivity contribution is -0.118. The number of Topliss-reactive ketones (excluding diaryl/α,β-unsaturated/α-hetero) is 1. The van der Waals surface area contributed by atoms with Gasteiger partial charge in [-0.2, -0.15) is 5.10 Å². The number of halogens is 1. The monoisotopic (exact) mass is 272 g/mol. The summed E-state index contributed by atoms with van der Waals surface area (Å²) in [6.07, 6.45) is 1.96. The van der Waals surface area contributed by atoms with Gasteiger partial charge in [-0.25, -0.2) is 0 Å². The van der Waals surface area contributed by atoms with Gasteiger partial charge in [0, 0.05) is 19.4 Å². The standard InChI is InChI=1S/C11H17BrN2O/c1-4-8(15)7-10-11(12)9(5-2)13-14(10)6-3/h4-7H2,1-3H3. The molecule has 0 amide bonds. The Kier molecular flexibility index (Phi) is 4.51. The number of ketones is 1. The Morgan fingerprint density at radius 3 is 2.53 bits per heavy atom. The zero-order valence-electron chi connectivity index (χ0n) is 9.51. The number of hydrogen-bond donors (Lipinski definition) is 0. The van der Waals surface area contributed by atoms with E-state index in [0.29, 0.717) is 12.8 Å². The first-order valence-electron chi connectivity index (χ1n) is 5.39. The van der Waals surface area contributed by atoms with E-state index in [0.717, 1.165) is 28.8 Å². The van der Waals surface area contributed by atoms with Crippen LogP contribution in [0.2, 0.25) is 0 Å². The number of carbonyl (C=O) groups excluding carboxylic acids is 1. The van der Waals surface area contributed by atoms with Crippen LogP contribution in [0.4, 0.5) is 0 Å². The van der Waals surface area contributed by atoms with Crippen LogP contribution in [-0.4, -0.2) is 15.6 Å². The van der Waals surface area contributed by atoms with Gasteiger partial charge >= 0.3 is 0 Å². The van der Waals surface area contributed by atoms with Crippen LogP contribution in [0.1, 0.15) is 38.6 Å². The second-order valence-corrected chi connectivity index (χ2v) is 4.24. The molecule has 0 aliphatic heterocycles. The van der Waals surface area contributed by atoms with E-state index < -0.39 is 0 Å². The van der Waals surface area contributed by atoms with Crippen molar-refractivity contribution in [3.05, 3.63) is 15.9 Å². The summed E-state index contributed by atoms with van der Waals surface area (Å²) >= 11 is 3.53. The third-order valence-corrected chi connectivity index (χ3v) is 3.37. The smallest absolute Gasteiger partial charge is 0.138 e. The number of aromatic nitrogens is 2. The minimum atomic E-state index is 0.257. The average Bonchev–Trinajstić information content (AvgIpc) is 2.55. The SMILES string of the molecule is CCC(=O)Cc1c(Br)c(CC)nn1CC. The van der Waals surface area contributed by atoms with Gasteiger partial charge in [0.15, 0.2) is 0 Å². The number of carbonyl (C=O) groups is 1. The molecule has 1 aromatic rings. The highest BCUT2D eigenvalue weighted by Gasteiger charge is 2.15. The molecular formula is C11H17BrN2O. The molecule has 3 nitrogen and oxygen atoms in total. The molecule has 0 saturated heterocycles. The molecule has 4 heteroatoms. The molecule has 1 heterocycles. The Morgan fingerprint density at radius 1 is 1.40 bits per heavy atom. The van der Waals surface area contributed by atoms with Crippen molar-refractivity contribution in [1.82, 2.24) is 9.78 Å². The summed E-state index contributed by atoms with van der Waals surface area (Å²) in [7, 11) is 0. The maximum atomic E-state index is 11.4. The van der Waals surface area contributed by atoms with Crippen LogP contribution >= 0.6 is 15.9 Å². The molecule has 0 unspecified atom stereocenters. The van der Waals surface area contributed by atoms with E-state index in [1.807, 2.05) is 18.5 Å². The number of nitrogens with zero attached hydrogens (tertiary/aromatic N) is 2. The molecule has 0 aliphatic rings. The zero-order valence-corrected chi connectivity index (χ0v) is 11.1. The minimum Gasteiger partial charge on any atom is -0.299 e. The molecule has 84 valence electrons. The summed E-state index contributed by atoms with van der Waals surface area (Å²) in [5.74, 6) is 0.257. The third-order valence-electron chi connectivity index (χ3n) is 2.45. The first-order valence-corrected chi connectivity index (χ1v) is 6.19. The van der Waals surface area contributed by atoms with Crippen molar-refractivity contribution in [1.29, 1.82) is 0 Å². The van der Waals surface area contributed by atoms with Gasteiger partial charge < -0.3 is 0 Å². The molecule has 0 atom stereocenters. The molecule has 1 aromatic heterocycles. The van der Waals surface area contributed by atoms with Crippen molar-refractivity contribution in [3.63, 3.8) is 0 Å². The molecule has 0 fully saturated rings. The van der Waals surface area contributed by atoms with Gasteiger partial charge in [-0.05, 0) is 29.3 Å². The Balaban J connectivity index is 3.03. The van der Waals surface area contributed by atoms with Crippen LogP contribution in [0.3, 0.4) is 0 Å². The number of rotatable bonds is 5. The molecule has 0 bridgehead atoms. The summed E-state index contributed by atoms with van der Waals surface area (Å²) in [6.45, 7) is 6.81. The van der Waals surface area contributed by atoms with E-state index in [2.05, 4.69) is 28.0 Å². The predicted molar refractivity (Wildman–Crippen MR) is 64.0 cm³/mol.